The lowest BCUT2D eigenvalue weighted by Crippen LogP contribution is -2.42. The summed E-state index contributed by atoms with van der Waals surface area (Å²) in [4.78, 5) is 37.5. The molecule has 2 atom stereocenters. The van der Waals surface area contributed by atoms with Crippen molar-refractivity contribution in [1.29, 1.82) is 0 Å². The number of hydrogen-bond donors (Lipinski definition) is 2. The highest BCUT2D eigenvalue weighted by Gasteiger charge is 2.24. The number of carbonyl (C=O) groups excluding carboxylic acids is 3. The molecule has 0 aliphatic carbocycles. The van der Waals surface area contributed by atoms with Crippen molar-refractivity contribution >= 4 is 17.9 Å². The number of esters is 3. The highest BCUT2D eigenvalue weighted by atomic mass is 16.5. The molecule has 0 heterocycles. The maximum absolute atomic E-state index is 13.0. The van der Waals surface area contributed by atoms with Gasteiger partial charge >= 0.3 is 17.9 Å². The topological polar surface area (TPSA) is 117 Å². The zero-order valence-corrected chi connectivity index (χ0v) is 22.5. The van der Waals surface area contributed by atoms with Gasteiger partial charge in [0.2, 0.25) is 0 Å². The summed E-state index contributed by atoms with van der Waals surface area (Å²) in [5.41, 5.74) is 9.20. The first-order chi connectivity index (χ1) is 19.4. The van der Waals surface area contributed by atoms with Crippen molar-refractivity contribution in [3.63, 3.8) is 0 Å². The molecule has 3 aromatic carbocycles. The molecule has 8 nitrogen and oxygen atoms in total. The van der Waals surface area contributed by atoms with Crippen LogP contribution in [0.3, 0.4) is 0 Å². The van der Waals surface area contributed by atoms with E-state index in [9.17, 15) is 14.4 Å². The minimum Gasteiger partial charge on any atom is -0.461 e. The van der Waals surface area contributed by atoms with E-state index >= 15 is 0 Å². The molecule has 3 aromatic rings. The Morgan fingerprint density at radius 1 is 0.650 bits per heavy atom. The van der Waals surface area contributed by atoms with Gasteiger partial charge in [-0.15, -0.1) is 0 Å². The van der Waals surface area contributed by atoms with E-state index in [0.29, 0.717) is 5.70 Å². The maximum atomic E-state index is 13.0. The zero-order chi connectivity index (χ0) is 28.6. The van der Waals surface area contributed by atoms with Crippen LogP contribution in [-0.2, 0) is 48.4 Å². The smallest absolute Gasteiger partial charge is 0.328 e. The fourth-order valence-corrected chi connectivity index (χ4v) is 3.74. The second-order valence-corrected chi connectivity index (χ2v) is 9.29. The number of carbonyl (C=O) groups is 3. The van der Waals surface area contributed by atoms with Gasteiger partial charge in [-0.25, -0.2) is 4.79 Å². The first kappa shape index (κ1) is 30.1. The average molecular weight is 545 g/mol. The Balaban J connectivity index is 1.50. The Kier molecular flexibility index (Phi) is 12.4. The Labute approximate surface area is 235 Å². The van der Waals surface area contributed by atoms with Gasteiger partial charge in [0.05, 0.1) is 0 Å². The minimum atomic E-state index is -0.878. The molecule has 3 rings (SSSR count). The summed E-state index contributed by atoms with van der Waals surface area (Å²) in [6.07, 6.45) is 0.458. The van der Waals surface area contributed by atoms with Gasteiger partial charge in [-0.05, 0) is 29.5 Å². The average Bonchev–Trinajstić information content (AvgIpc) is 3.00. The van der Waals surface area contributed by atoms with E-state index in [2.05, 4.69) is 11.9 Å². The van der Waals surface area contributed by atoms with Gasteiger partial charge in [0, 0.05) is 24.6 Å². The van der Waals surface area contributed by atoms with Gasteiger partial charge in [0.1, 0.15) is 25.9 Å². The second-order valence-electron chi connectivity index (χ2n) is 9.29. The van der Waals surface area contributed by atoms with Gasteiger partial charge in [-0.2, -0.15) is 0 Å². The summed E-state index contributed by atoms with van der Waals surface area (Å²) in [5.74, 6) is -1.37. The summed E-state index contributed by atoms with van der Waals surface area (Å²) in [7, 11) is 0. The van der Waals surface area contributed by atoms with Crippen molar-refractivity contribution in [3.8, 4) is 0 Å². The summed E-state index contributed by atoms with van der Waals surface area (Å²) in [6, 6.07) is 26.5. The van der Waals surface area contributed by atoms with Crippen molar-refractivity contribution in [2.45, 2.75) is 57.6 Å². The van der Waals surface area contributed by atoms with Crippen LogP contribution in [0.4, 0.5) is 0 Å². The first-order valence-corrected chi connectivity index (χ1v) is 13.2. The van der Waals surface area contributed by atoms with Gasteiger partial charge in [-0.1, -0.05) is 97.6 Å². The molecule has 0 saturated heterocycles. The quantitative estimate of drug-likeness (QED) is 0.199. The summed E-state index contributed by atoms with van der Waals surface area (Å²) < 4.78 is 16.1. The summed E-state index contributed by atoms with van der Waals surface area (Å²) in [5, 5.41) is 3.01. The minimum absolute atomic E-state index is 0.0146. The van der Waals surface area contributed by atoms with Crippen LogP contribution >= 0.6 is 0 Å². The third-order valence-electron chi connectivity index (χ3n) is 6.10. The molecule has 0 amide bonds. The SMILES string of the molecule is C=C(NC(CCC(=O)OCc1ccccc1)C(=O)OCc1ccccc1)C(N)CCC(=O)OCc1ccccc1. The molecule has 0 aliphatic heterocycles. The highest BCUT2D eigenvalue weighted by Crippen LogP contribution is 2.12. The van der Waals surface area contributed by atoms with E-state index in [0.717, 1.165) is 16.7 Å². The van der Waals surface area contributed by atoms with Crippen molar-refractivity contribution in [2.24, 2.45) is 5.73 Å². The Morgan fingerprint density at radius 3 is 1.50 bits per heavy atom. The molecule has 0 saturated carbocycles. The fraction of sp³-hybridized carbons (Fsp3) is 0.281. The van der Waals surface area contributed by atoms with E-state index < -0.39 is 24.0 Å². The Hall–Kier alpha value is -4.43. The zero-order valence-electron chi connectivity index (χ0n) is 22.5. The van der Waals surface area contributed by atoms with Gasteiger partial charge in [0.15, 0.2) is 0 Å². The lowest BCUT2D eigenvalue weighted by Gasteiger charge is -2.23. The predicted molar refractivity (Wildman–Crippen MR) is 151 cm³/mol. The molecule has 0 fully saturated rings. The highest BCUT2D eigenvalue weighted by molar-refractivity contribution is 5.77. The molecule has 40 heavy (non-hydrogen) atoms. The van der Waals surface area contributed by atoms with Crippen LogP contribution < -0.4 is 11.1 Å². The van der Waals surface area contributed by atoms with E-state index in [4.69, 9.17) is 19.9 Å². The van der Waals surface area contributed by atoms with Gasteiger partial charge < -0.3 is 25.3 Å². The monoisotopic (exact) mass is 544 g/mol. The second kappa shape index (κ2) is 16.5. The molecule has 0 aliphatic rings. The number of benzene rings is 3. The van der Waals surface area contributed by atoms with Gasteiger partial charge in [-0.3, -0.25) is 9.59 Å². The van der Waals surface area contributed by atoms with Crippen molar-refractivity contribution in [2.75, 3.05) is 0 Å². The van der Waals surface area contributed by atoms with E-state index in [1.54, 1.807) is 0 Å². The standard InChI is InChI=1S/C32H36N2O6/c1-24(28(33)17-19-30(35)38-21-25-11-5-2-6-12-25)34-29(32(37)40-23-27-15-9-4-10-16-27)18-20-31(36)39-22-26-13-7-3-8-14-26/h2-16,28-29,34H,1,17-23,33H2. The van der Waals surface area contributed by atoms with Gasteiger partial charge in [0.25, 0.3) is 0 Å². The predicted octanol–water partition coefficient (Wildman–Crippen LogP) is 4.58. The Bertz CT molecular complexity index is 1220. The van der Waals surface area contributed by atoms with Crippen molar-refractivity contribution in [3.05, 3.63) is 120 Å². The molecule has 3 N–H and O–H groups in total. The molecule has 2 unspecified atom stereocenters. The molecule has 0 bridgehead atoms. The molecular formula is C32H36N2O6. The largest absolute Gasteiger partial charge is 0.461 e. The van der Waals surface area contributed by atoms with Crippen LogP contribution in [0.15, 0.2) is 103 Å². The molecule has 0 aromatic heterocycles. The fourth-order valence-electron chi connectivity index (χ4n) is 3.74. The lowest BCUT2D eigenvalue weighted by atomic mass is 10.1. The van der Waals surface area contributed by atoms with E-state index in [-0.39, 0.29) is 51.5 Å². The lowest BCUT2D eigenvalue weighted by molar-refractivity contribution is -0.149. The maximum Gasteiger partial charge on any atom is 0.328 e. The normalized spacial score (nSPS) is 12.0. The number of nitrogens with two attached hydrogens (primary N) is 1. The van der Waals surface area contributed by atoms with Crippen LogP contribution in [0.1, 0.15) is 42.4 Å². The first-order valence-electron chi connectivity index (χ1n) is 13.2. The third-order valence-corrected chi connectivity index (χ3v) is 6.10. The van der Waals surface area contributed by atoms with E-state index in [1.165, 1.54) is 0 Å². The van der Waals surface area contributed by atoms with Crippen molar-refractivity contribution < 1.29 is 28.6 Å². The summed E-state index contributed by atoms with van der Waals surface area (Å²) in [6.45, 7) is 4.37. The van der Waals surface area contributed by atoms with Crippen LogP contribution in [0, 0.1) is 0 Å². The molecule has 8 heteroatoms. The number of hydrogen-bond acceptors (Lipinski definition) is 8. The number of ether oxygens (including phenoxy) is 3. The molecular weight excluding hydrogens is 508 g/mol. The van der Waals surface area contributed by atoms with Crippen LogP contribution in [-0.4, -0.2) is 30.0 Å². The molecule has 0 spiro atoms. The van der Waals surface area contributed by atoms with Crippen LogP contribution in [0.25, 0.3) is 0 Å². The van der Waals surface area contributed by atoms with Crippen LogP contribution in [0.2, 0.25) is 0 Å². The summed E-state index contributed by atoms with van der Waals surface area (Å²) >= 11 is 0. The Morgan fingerprint density at radius 2 is 1.05 bits per heavy atom. The molecule has 210 valence electrons. The number of rotatable bonds is 16. The van der Waals surface area contributed by atoms with E-state index in [1.807, 2.05) is 91.0 Å². The van der Waals surface area contributed by atoms with Crippen molar-refractivity contribution in [1.82, 2.24) is 5.32 Å². The third kappa shape index (κ3) is 11.1. The molecule has 0 radical (unpaired) electrons. The van der Waals surface area contributed by atoms with Crippen LogP contribution in [0.5, 0.6) is 0 Å². The number of nitrogens with one attached hydrogen (secondary N) is 1.